The number of carbonyl (C=O) groups excluding carboxylic acids is 1. The van der Waals surface area contributed by atoms with Crippen LogP contribution in [0.15, 0.2) is 58.5 Å². The SMILES string of the molecule is CCOC(=O)c1cc(F)c2nc(Cc3cc(F)c(-c4cccc(OCc5ncc(Br)s5)c4)cc3F)n(CC3CCO3)c2c1. The maximum Gasteiger partial charge on any atom is 0.338 e. The molecule has 0 bridgehead atoms. The summed E-state index contributed by atoms with van der Waals surface area (Å²) < 4.78 is 65.1. The number of nitrogens with zero attached hydrogens (tertiary/aromatic N) is 3. The summed E-state index contributed by atoms with van der Waals surface area (Å²) >= 11 is 4.81. The van der Waals surface area contributed by atoms with Gasteiger partial charge in [0.1, 0.15) is 40.3 Å². The second-order valence-corrected chi connectivity index (χ2v) is 12.4. The highest BCUT2D eigenvalue weighted by atomic mass is 79.9. The van der Waals surface area contributed by atoms with E-state index < -0.39 is 23.4 Å². The minimum atomic E-state index is -0.707. The molecular formula is C31H25BrF3N3O4S. The Hall–Kier alpha value is -3.74. The first-order chi connectivity index (χ1) is 20.8. The third-order valence-corrected chi connectivity index (χ3v) is 8.54. The zero-order chi connectivity index (χ0) is 30.1. The van der Waals surface area contributed by atoms with Crippen molar-refractivity contribution in [1.82, 2.24) is 14.5 Å². The maximum atomic E-state index is 15.5. The largest absolute Gasteiger partial charge is 0.486 e. The average molecular weight is 673 g/mol. The molecule has 1 aliphatic heterocycles. The molecule has 1 atom stereocenters. The predicted octanol–water partition coefficient (Wildman–Crippen LogP) is 7.48. The zero-order valence-corrected chi connectivity index (χ0v) is 25.3. The predicted molar refractivity (Wildman–Crippen MR) is 159 cm³/mol. The summed E-state index contributed by atoms with van der Waals surface area (Å²) in [5.41, 5.74) is 1.00. The van der Waals surface area contributed by atoms with Crippen molar-refractivity contribution in [2.45, 2.75) is 39.0 Å². The van der Waals surface area contributed by atoms with Crippen LogP contribution in [-0.4, -0.2) is 39.8 Å². The number of thiazole rings is 1. The molecule has 0 amide bonds. The Morgan fingerprint density at radius 1 is 1.14 bits per heavy atom. The molecule has 12 heteroatoms. The van der Waals surface area contributed by atoms with Gasteiger partial charge in [0, 0.05) is 18.6 Å². The number of rotatable bonds is 10. The molecule has 1 aliphatic rings. The topological polar surface area (TPSA) is 75.5 Å². The summed E-state index contributed by atoms with van der Waals surface area (Å²) in [7, 11) is 0. The van der Waals surface area contributed by atoms with Crippen molar-refractivity contribution < 1.29 is 32.2 Å². The summed E-state index contributed by atoms with van der Waals surface area (Å²) in [6, 6.07) is 11.6. The van der Waals surface area contributed by atoms with E-state index in [1.165, 1.54) is 17.4 Å². The third-order valence-electron chi connectivity index (χ3n) is 7.09. The van der Waals surface area contributed by atoms with Crippen molar-refractivity contribution in [2.24, 2.45) is 0 Å². The molecule has 0 N–H and O–H groups in total. The molecule has 0 spiro atoms. The molecule has 43 heavy (non-hydrogen) atoms. The van der Waals surface area contributed by atoms with E-state index >= 15 is 13.2 Å². The van der Waals surface area contributed by atoms with Crippen molar-refractivity contribution in [1.29, 1.82) is 0 Å². The molecule has 3 heterocycles. The Morgan fingerprint density at radius 2 is 1.98 bits per heavy atom. The number of carbonyl (C=O) groups is 1. The Balaban J connectivity index is 1.30. The molecule has 0 radical (unpaired) electrons. The second kappa shape index (κ2) is 12.5. The van der Waals surface area contributed by atoms with Gasteiger partial charge in [0.05, 0.1) is 40.3 Å². The van der Waals surface area contributed by atoms with E-state index in [2.05, 4.69) is 25.9 Å². The normalized spacial score (nSPS) is 14.6. The minimum Gasteiger partial charge on any atom is -0.486 e. The van der Waals surface area contributed by atoms with Gasteiger partial charge in [-0.3, -0.25) is 0 Å². The molecular weight excluding hydrogens is 647 g/mol. The molecule has 5 aromatic rings. The molecule has 7 nitrogen and oxygen atoms in total. The van der Waals surface area contributed by atoms with E-state index in [1.807, 2.05) is 0 Å². The van der Waals surface area contributed by atoms with Crippen LogP contribution < -0.4 is 4.74 Å². The summed E-state index contributed by atoms with van der Waals surface area (Å²) in [6.45, 7) is 2.97. The summed E-state index contributed by atoms with van der Waals surface area (Å²) in [5, 5.41) is 0.769. The smallest absolute Gasteiger partial charge is 0.338 e. The molecule has 0 saturated carbocycles. The lowest BCUT2D eigenvalue weighted by molar-refractivity contribution is -0.0589. The fourth-order valence-electron chi connectivity index (χ4n) is 4.90. The number of hydrogen-bond donors (Lipinski definition) is 0. The van der Waals surface area contributed by atoms with E-state index in [4.69, 9.17) is 14.2 Å². The van der Waals surface area contributed by atoms with Crippen LogP contribution in [-0.2, 0) is 29.0 Å². The van der Waals surface area contributed by atoms with Gasteiger partial charge in [-0.25, -0.2) is 27.9 Å². The van der Waals surface area contributed by atoms with E-state index in [1.54, 1.807) is 42.0 Å². The molecule has 1 unspecified atom stereocenters. The van der Waals surface area contributed by atoms with Crippen LogP contribution in [0.2, 0.25) is 0 Å². The van der Waals surface area contributed by atoms with Gasteiger partial charge in [-0.15, -0.1) is 11.3 Å². The second-order valence-electron chi connectivity index (χ2n) is 9.94. The van der Waals surface area contributed by atoms with Gasteiger partial charge in [0.2, 0.25) is 0 Å². The first kappa shape index (κ1) is 29.3. The van der Waals surface area contributed by atoms with Crippen molar-refractivity contribution >= 4 is 44.3 Å². The number of imidazole rings is 1. The Labute approximate surface area is 257 Å². The Kier molecular flexibility index (Phi) is 8.51. The van der Waals surface area contributed by atoms with Crippen molar-refractivity contribution in [3.05, 3.63) is 97.9 Å². The van der Waals surface area contributed by atoms with Crippen LogP contribution in [0.25, 0.3) is 22.2 Å². The van der Waals surface area contributed by atoms with Gasteiger partial charge < -0.3 is 18.8 Å². The summed E-state index contributed by atoms with van der Waals surface area (Å²) in [5.74, 6) is -1.82. The van der Waals surface area contributed by atoms with Gasteiger partial charge in [-0.1, -0.05) is 12.1 Å². The highest BCUT2D eigenvalue weighted by Crippen LogP contribution is 2.31. The number of halogens is 4. The first-order valence-corrected chi connectivity index (χ1v) is 15.2. The van der Waals surface area contributed by atoms with Gasteiger partial charge in [0.15, 0.2) is 5.82 Å². The highest BCUT2D eigenvalue weighted by molar-refractivity contribution is 9.11. The highest BCUT2D eigenvalue weighted by Gasteiger charge is 2.25. The van der Waals surface area contributed by atoms with Crippen LogP contribution >= 0.6 is 27.3 Å². The molecule has 2 aromatic heterocycles. The monoisotopic (exact) mass is 671 g/mol. The summed E-state index contributed by atoms with van der Waals surface area (Å²) in [4.78, 5) is 21.0. The average Bonchev–Trinajstić information content (AvgIpc) is 3.54. The zero-order valence-electron chi connectivity index (χ0n) is 22.9. The van der Waals surface area contributed by atoms with E-state index in [0.717, 1.165) is 33.4 Å². The van der Waals surface area contributed by atoms with E-state index in [9.17, 15) is 4.79 Å². The molecule has 1 saturated heterocycles. The standard InChI is InChI=1S/C31H25BrF3N3O4S/c1-2-40-31(39)19-10-25(35)30-26(11-19)38(15-21-6-7-41-21)28(37-30)12-18-9-24(34)22(13-23(18)33)17-4-3-5-20(8-17)42-16-29-36-14-27(32)43-29/h3-5,8-11,13-14,21H,2,6-7,12,15-16H2,1H3. The number of hydrogen-bond acceptors (Lipinski definition) is 7. The van der Waals surface area contributed by atoms with Crippen LogP contribution in [0.1, 0.15) is 40.1 Å². The van der Waals surface area contributed by atoms with E-state index in [0.29, 0.717) is 35.8 Å². The third kappa shape index (κ3) is 6.31. The number of aromatic nitrogens is 3. The van der Waals surface area contributed by atoms with Gasteiger partial charge in [-0.05, 0) is 76.8 Å². The number of ether oxygens (including phenoxy) is 3. The van der Waals surface area contributed by atoms with Gasteiger partial charge in [-0.2, -0.15) is 0 Å². The van der Waals surface area contributed by atoms with Crippen LogP contribution in [0, 0.1) is 17.5 Å². The lowest BCUT2D eigenvalue weighted by atomic mass is 10.0. The fraction of sp³-hybridized carbons (Fsp3) is 0.258. The van der Waals surface area contributed by atoms with Gasteiger partial charge >= 0.3 is 5.97 Å². The molecule has 222 valence electrons. The minimum absolute atomic E-state index is 0.0294. The Morgan fingerprint density at radius 3 is 2.70 bits per heavy atom. The number of fused-ring (bicyclic) bond motifs is 1. The van der Waals surface area contributed by atoms with Crippen molar-refractivity contribution in [2.75, 3.05) is 13.2 Å². The lowest BCUT2D eigenvalue weighted by Gasteiger charge is -2.27. The Bertz CT molecular complexity index is 1820. The first-order valence-electron chi connectivity index (χ1n) is 13.6. The number of esters is 1. The molecule has 3 aromatic carbocycles. The van der Waals surface area contributed by atoms with Crippen LogP contribution in [0.4, 0.5) is 13.2 Å². The van der Waals surface area contributed by atoms with Crippen LogP contribution in [0.5, 0.6) is 5.75 Å². The maximum absolute atomic E-state index is 15.5. The van der Waals surface area contributed by atoms with E-state index in [-0.39, 0.29) is 47.9 Å². The number of benzene rings is 3. The fourth-order valence-corrected chi connectivity index (χ4v) is 6.12. The quantitative estimate of drug-likeness (QED) is 0.143. The summed E-state index contributed by atoms with van der Waals surface area (Å²) in [6.07, 6.45) is 2.24. The van der Waals surface area contributed by atoms with Gasteiger partial charge in [0.25, 0.3) is 0 Å². The molecule has 1 fully saturated rings. The lowest BCUT2D eigenvalue weighted by Crippen LogP contribution is -2.31. The van der Waals surface area contributed by atoms with Crippen molar-refractivity contribution in [3.63, 3.8) is 0 Å². The molecule has 6 rings (SSSR count). The van der Waals surface area contributed by atoms with Crippen LogP contribution in [0.3, 0.4) is 0 Å². The van der Waals surface area contributed by atoms with Crippen molar-refractivity contribution in [3.8, 4) is 16.9 Å². The molecule has 0 aliphatic carbocycles.